The maximum absolute atomic E-state index is 11.8. The second-order valence-corrected chi connectivity index (χ2v) is 4.85. The van der Waals surface area contributed by atoms with Crippen LogP contribution in [0.2, 0.25) is 10.0 Å². The molecule has 0 fully saturated rings. The van der Waals surface area contributed by atoms with Crippen molar-refractivity contribution in [3.05, 3.63) is 33.8 Å². The predicted molar refractivity (Wildman–Crippen MR) is 70.3 cm³/mol. The van der Waals surface area contributed by atoms with E-state index in [0.29, 0.717) is 28.8 Å². The summed E-state index contributed by atoms with van der Waals surface area (Å²) in [6.45, 7) is 0.669. The number of halogens is 3. The van der Waals surface area contributed by atoms with Gasteiger partial charge in [-0.3, -0.25) is 4.79 Å². The van der Waals surface area contributed by atoms with Gasteiger partial charge in [-0.25, -0.2) is 0 Å². The molecule has 94 valence electrons. The second kappa shape index (κ2) is 7.07. The molecular formula is C11H12Cl3NO2. The highest BCUT2D eigenvalue weighted by Gasteiger charge is 2.12. The Balaban J connectivity index is 2.61. The summed E-state index contributed by atoms with van der Waals surface area (Å²) in [7, 11) is 1.55. The van der Waals surface area contributed by atoms with Crippen molar-refractivity contribution in [1.29, 1.82) is 0 Å². The average Bonchev–Trinajstić information content (AvgIpc) is 2.29. The molecule has 1 atom stereocenters. The zero-order valence-corrected chi connectivity index (χ0v) is 11.4. The lowest BCUT2D eigenvalue weighted by molar-refractivity contribution is 0.0949. The third-order valence-corrected chi connectivity index (χ3v) is 2.85. The van der Waals surface area contributed by atoms with Crippen LogP contribution in [-0.2, 0) is 4.74 Å². The lowest BCUT2D eigenvalue weighted by atomic mass is 10.2. The van der Waals surface area contributed by atoms with Crippen LogP contribution < -0.4 is 5.32 Å². The molecule has 1 N–H and O–H groups in total. The molecule has 0 bridgehead atoms. The molecule has 0 aliphatic carbocycles. The minimum Gasteiger partial charge on any atom is -0.383 e. The summed E-state index contributed by atoms with van der Waals surface area (Å²) < 4.78 is 4.85. The fourth-order valence-corrected chi connectivity index (χ4v) is 1.79. The molecule has 0 aliphatic heterocycles. The van der Waals surface area contributed by atoms with E-state index >= 15 is 0 Å². The van der Waals surface area contributed by atoms with Gasteiger partial charge in [-0.1, -0.05) is 23.2 Å². The number of carbonyl (C=O) groups excluding carboxylic acids is 1. The van der Waals surface area contributed by atoms with E-state index in [2.05, 4.69) is 5.32 Å². The van der Waals surface area contributed by atoms with Crippen molar-refractivity contribution in [2.24, 2.45) is 0 Å². The lowest BCUT2D eigenvalue weighted by Gasteiger charge is -2.10. The van der Waals surface area contributed by atoms with Crippen LogP contribution in [0, 0.1) is 0 Å². The van der Waals surface area contributed by atoms with Gasteiger partial charge in [0.05, 0.1) is 22.6 Å². The Morgan fingerprint density at radius 1 is 1.47 bits per heavy atom. The van der Waals surface area contributed by atoms with Gasteiger partial charge in [0.1, 0.15) is 0 Å². The topological polar surface area (TPSA) is 38.3 Å². The molecule has 3 nitrogen and oxygen atoms in total. The number of benzene rings is 1. The second-order valence-electron chi connectivity index (χ2n) is 3.39. The Labute approximate surface area is 115 Å². The van der Waals surface area contributed by atoms with E-state index in [1.165, 1.54) is 6.07 Å². The van der Waals surface area contributed by atoms with E-state index in [1.54, 1.807) is 19.2 Å². The van der Waals surface area contributed by atoms with Gasteiger partial charge in [0.15, 0.2) is 0 Å². The number of methoxy groups -OCH3 is 1. The van der Waals surface area contributed by atoms with E-state index in [4.69, 9.17) is 39.5 Å². The Hall–Kier alpha value is -0.480. The minimum atomic E-state index is -0.306. The Kier molecular flexibility index (Phi) is 6.06. The van der Waals surface area contributed by atoms with Gasteiger partial charge in [-0.2, -0.15) is 0 Å². The molecule has 0 radical (unpaired) electrons. The highest BCUT2D eigenvalue weighted by atomic mass is 35.5. The monoisotopic (exact) mass is 295 g/mol. The van der Waals surface area contributed by atoms with E-state index in [-0.39, 0.29) is 11.3 Å². The first-order valence-corrected chi connectivity index (χ1v) is 6.10. The summed E-state index contributed by atoms with van der Waals surface area (Å²) in [6.07, 6.45) is 0. The van der Waals surface area contributed by atoms with Gasteiger partial charge in [0.25, 0.3) is 5.91 Å². The van der Waals surface area contributed by atoms with Crippen LogP contribution >= 0.6 is 34.8 Å². The zero-order valence-electron chi connectivity index (χ0n) is 9.17. The Bertz CT molecular complexity index is 398. The highest BCUT2D eigenvalue weighted by molar-refractivity contribution is 6.35. The van der Waals surface area contributed by atoms with Gasteiger partial charge in [-0.05, 0) is 18.2 Å². The summed E-state index contributed by atoms with van der Waals surface area (Å²) in [5.74, 6) is -0.306. The first-order valence-electron chi connectivity index (χ1n) is 4.91. The molecule has 0 saturated heterocycles. The normalized spacial score (nSPS) is 12.2. The molecule has 0 heterocycles. The highest BCUT2D eigenvalue weighted by Crippen LogP contribution is 2.20. The third kappa shape index (κ3) is 4.72. The number of rotatable bonds is 5. The van der Waals surface area contributed by atoms with Crippen molar-refractivity contribution in [2.75, 3.05) is 20.3 Å². The maximum atomic E-state index is 11.8. The number of hydrogen-bond acceptors (Lipinski definition) is 2. The molecule has 0 aromatic heterocycles. The van der Waals surface area contributed by atoms with Gasteiger partial charge in [0.2, 0.25) is 0 Å². The van der Waals surface area contributed by atoms with Gasteiger partial charge < -0.3 is 10.1 Å². The maximum Gasteiger partial charge on any atom is 0.252 e. The van der Waals surface area contributed by atoms with E-state index < -0.39 is 0 Å². The van der Waals surface area contributed by atoms with Crippen LogP contribution in [0.1, 0.15) is 10.4 Å². The number of hydrogen-bond donors (Lipinski definition) is 1. The molecule has 0 aliphatic rings. The fraction of sp³-hybridized carbons (Fsp3) is 0.364. The largest absolute Gasteiger partial charge is 0.383 e. The smallest absolute Gasteiger partial charge is 0.252 e. The SMILES string of the molecule is COCC(Cl)CNC(=O)c1cc(Cl)ccc1Cl. The molecule has 6 heteroatoms. The number of ether oxygens (including phenoxy) is 1. The molecule has 1 unspecified atom stereocenters. The first-order chi connectivity index (χ1) is 8.04. The minimum absolute atomic E-state index is 0.276. The molecule has 0 spiro atoms. The third-order valence-electron chi connectivity index (χ3n) is 2.00. The van der Waals surface area contributed by atoms with Gasteiger partial charge in [0, 0.05) is 18.7 Å². The molecule has 1 rings (SSSR count). The average molecular weight is 297 g/mol. The van der Waals surface area contributed by atoms with Crippen molar-refractivity contribution in [2.45, 2.75) is 5.38 Å². The number of alkyl halides is 1. The molecule has 1 aromatic rings. The van der Waals surface area contributed by atoms with Crippen LogP contribution in [0.3, 0.4) is 0 Å². The molecule has 1 aromatic carbocycles. The quantitative estimate of drug-likeness (QED) is 0.848. The summed E-state index contributed by atoms with van der Waals surface area (Å²) in [5.41, 5.74) is 0.334. The fourth-order valence-electron chi connectivity index (χ4n) is 1.21. The lowest BCUT2D eigenvalue weighted by Crippen LogP contribution is -2.31. The molecular weight excluding hydrogens is 284 g/mol. The van der Waals surface area contributed by atoms with Crippen LogP contribution in [-0.4, -0.2) is 31.5 Å². The molecule has 1 amide bonds. The van der Waals surface area contributed by atoms with Crippen LogP contribution in [0.25, 0.3) is 0 Å². The Morgan fingerprint density at radius 2 is 2.18 bits per heavy atom. The number of nitrogens with one attached hydrogen (secondary N) is 1. The predicted octanol–water partition coefficient (Wildman–Crippen LogP) is 2.98. The molecule has 0 saturated carbocycles. The van der Waals surface area contributed by atoms with Crippen LogP contribution in [0.4, 0.5) is 0 Å². The van der Waals surface area contributed by atoms with E-state index in [0.717, 1.165) is 0 Å². The standard InChI is InChI=1S/C11H12Cl3NO2/c1-17-6-8(13)5-15-11(16)9-4-7(12)2-3-10(9)14/h2-4,8H,5-6H2,1H3,(H,15,16). The van der Waals surface area contributed by atoms with Crippen molar-refractivity contribution >= 4 is 40.7 Å². The van der Waals surface area contributed by atoms with Crippen molar-refractivity contribution in [1.82, 2.24) is 5.32 Å². The number of carbonyl (C=O) groups is 1. The summed E-state index contributed by atoms with van der Waals surface area (Å²) in [5, 5.41) is 3.19. The van der Waals surface area contributed by atoms with Crippen LogP contribution in [0.15, 0.2) is 18.2 Å². The van der Waals surface area contributed by atoms with E-state index in [1.807, 2.05) is 0 Å². The van der Waals surface area contributed by atoms with Crippen molar-refractivity contribution in [3.63, 3.8) is 0 Å². The van der Waals surface area contributed by atoms with Crippen molar-refractivity contribution in [3.8, 4) is 0 Å². The number of amides is 1. The van der Waals surface area contributed by atoms with Crippen LogP contribution in [0.5, 0.6) is 0 Å². The summed E-state index contributed by atoms with van der Waals surface area (Å²) >= 11 is 17.6. The summed E-state index contributed by atoms with van der Waals surface area (Å²) in [4.78, 5) is 11.8. The first kappa shape index (κ1) is 14.6. The molecule has 17 heavy (non-hydrogen) atoms. The summed E-state index contributed by atoms with van der Waals surface area (Å²) in [6, 6.07) is 4.71. The van der Waals surface area contributed by atoms with E-state index in [9.17, 15) is 4.79 Å². The zero-order chi connectivity index (χ0) is 12.8. The van der Waals surface area contributed by atoms with Crippen molar-refractivity contribution < 1.29 is 9.53 Å². The Morgan fingerprint density at radius 3 is 2.82 bits per heavy atom. The van der Waals surface area contributed by atoms with Gasteiger partial charge in [-0.15, -0.1) is 11.6 Å². The van der Waals surface area contributed by atoms with Gasteiger partial charge >= 0.3 is 0 Å².